The lowest BCUT2D eigenvalue weighted by Crippen LogP contribution is -2.39. The van der Waals surface area contributed by atoms with E-state index in [1.807, 2.05) is 25.5 Å². The molecular formula is C15H26N4O3. The number of piperidine rings is 1. The predicted octanol–water partition coefficient (Wildman–Crippen LogP) is 1.35. The zero-order valence-corrected chi connectivity index (χ0v) is 13.7. The van der Waals surface area contributed by atoms with Gasteiger partial charge in [-0.2, -0.15) is 0 Å². The minimum Gasteiger partial charge on any atom is -0.449 e. The molecule has 0 atom stereocenters. The first-order chi connectivity index (χ1) is 10.5. The van der Waals surface area contributed by atoms with Crippen LogP contribution >= 0.6 is 0 Å². The summed E-state index contributed by atoms with van der Waals surface area (Å²) in [7, 11) is 1.87. The van der Waals surface area contributed by atoms with E-state index in [1.54, 1.807) is 4.90 Å². The molecule has 22 heavy (non-hydrogen) atoms. The molecule has 7 nitrogen and oxygen atoms in total. The van der Waals surface area contributed by atoms with Gasteiger partial charge in [-0.1, -0.05) is 13.8 Å². The third-order valence-electron chi connectivity index (χ3n) is 4.08. The number of nitrogens with zero attached hydrogens (tertiary/aromatic N) is 4. The first-order valence-corrected chi connectivity index (χ1v) is 7.91. The topological polar surface area (TPSA) is 80.5 Å². The Bertz CT molecular complexity index is 493. The van der Waals surface area contributed by atoms with Gasteiger partial charge < -0.3 is 19.3 Å². The van der Waals surface area contributed by atoms with Gasteiger partial charge in [0.1, 0.15) is 12.4 Å². The Morgan fingerprint density at radius 3 is 2.50 bits per heavy atom. The standard InChI is InChI=1S/C15H26N4O3/c1-11(2)10-22-15(21)19-6-4-12(5-7-19)8-13-16-17-14(9-20)18(13)3/h11-12,20H,4-10H2,1-3H3. The van der Waals surface area contributed by atoms with Crippen LogP contribution in [0.3, 0.4) is 0 Å². The third kappa shape index (κ3) is 4.19. The molecule has 0 radical (unpaired) electrons. The summed E-state index contributed by atoms with van der Waals surface area (Å²) in [6.45, 7) is 5.89. The fourth-order valence-corrected chi connectivity index (χ4v) is 2.62. The molecule has 1 fully saturated rings. The van der Waals surface area contributed by atoms with Gasteiger partial charge in [0.25, 0.3) is 0 Å². The van der Waals surface area contributed by atoms with Gasteiger partial charge >= 0.3 is 6.09 Å². The lowest BCUT2D eigenvalue weighted by atomic mass is 9.93. The second-order valence-corrected chi connectivity index (χ2v) is 6.35. The Hall–Kier alpha value is -1.63. The molecule has 2 heterocycles. The van der Waals surface area contributed by atoms with Gasteiger partial charge in [-0.15, -0.1) is 10.2 Å². The highest BCUT2D eigenvalue weighted by Crippen LogP contribution is 2.21. The van der Waals surface area contributed by atoms with Gasteiger partial charge in [0, 0.05) is 26.6 Å². The van der Waals surface area contributed by atoms with E-state index in [0.29, 0.717) is 24.3 Å². The van der Waals surface area contributed by atoms with Crippen molar-refractivity contribution in [3.05, 3.63) is 11.6 Å². The maximum absolute atomic E-state index is 11.9. The molecule has 0 unspecified atom stereocenters. The molecule has 0 aliphatic carbocycles. The SMILES string of the molecule is CC(C)COC(=O)N1CCC(Cc2nnc(CO)n2C)CC1. The normalized spacial score (nSPS) is 16.3. The highest BCUT2D eigenvalue weighted by atomic mass is 16.6. The maximum Gasteiger partial charge on any atom is 0.409 e. The van der Waals surface area contributed by atoms with E-state index in [-0.39, 0.29) is 12.7 Å². The number of aliphatic hydroxyl groups is 1. The van der Waals surface area contributed by atoms with Crippen molar-refractivity contribution in [1.29, 1.82) is 0 Å². The van der Waals surface area contributed by atoms with E-state index in [9.17, 15) is 4.79 Å². The van der Waals surface area contributed by atoms with Gasteiger partial charge in [0.2, 0.25) is 0 Å². The largest absolute Gasteiger partial charge is 0.449 e. The fourth-order valence-electron chi connectivity index (χ4n) is 2.62. The van der Waals surface area contributed by atoms with E-state index >= 15 is 0 Å². The number of rotatable bonds is 5. The molecule has 0 aromatic carbocycles. The van der Waals surface area contributed by atoms with Crippen molar-refractivity contribution in [3.8, 4) is 0 Å². The third-order valence-corrected chi connectivity index (χ3v) is 4.08. The molecule has 1 aliphatic rings. The highest BCUT2D eigenvalue weighted by molar-refractivity contribution is 5.67. The Balaban J connectivity index is 1.79. The van der Waals surface area contributed by atoms with Gasteiger partial charge in [-0.05, 0) is 24.7 Å². The average molecular weight is 310 g/mol. The fraction of sp³-hybridized carbons (Fsp3) is 0.800. The minimum atomic E-state index is -0.201. The van der Waals surface area contributed by atoms with E-state index < -0.39 is 0 Å². The summed E-state index contributed by atoms with van der Waals surface area (Å²) in [4.78, 5) is 13.7. The molecule has 1 saturated heterocycles. The molecule has 2 rings (SSSR count). The summed E-state index contributed by atoms with van der Waals surface area (Å²) in [6.07, 6.45) is 2.52. The van der Waals surface area contributed by atoms with Gasteiger partial charge in [-0.25, -0.2) is 4.79 Å². The summed E-state index contributed by atoms with van der Waals surface area (Å²) in [5.74, 6) is 2.33. The number of amides is 1. The molecule has 0 saturated carbocycles. The first-order valence-electron chi connectivity index (χ1n) is 7.91. The smallest absolute Gasteiger partial charge is 0.409 e. The van der Waals surface area contributed by atoms with Crippen LogP contribution in [0.1, 0.15) is 38.3 Å². The van der Waals surface area contributed by atoms with Crippen LogP contribution in [0.25, 0.3) is 0 Å². The van der Waals surface area contributed by atoms with E-state index in [0.717, 1.165) is 38.2 Å². The number of hydrogen-bond acceptors (Lipinski definition) is 5. The molecule has 0 bridgehead atoms. The van der Waals surface area contributed by atoms with Gasteiger partial charge in [0.05, 0.1) is 6.61 Å². The van der Waals surface area contributed by atoms with Gasteiger partial charge in [0.15, 0.2) is 5.82 Å². The number of hydrogen-bond donors (Lipinski definition) is 1. The Morgan fingerprint density at radius 2 is 1.95 bits per heavy atom. The van der Waals surface area contributed by atoms with E-state index in [4.69, 9.17) is 9.84 Å². The number of aromatic nitrogens is 3. The van der Waals surface area contributed by atoms with Crippen molar-refractivity contribution in [2.24, 2.45) is 18.9 Å². The summed E-state index contributed by atoms with van der Waals surface area (Å²) in [5.41, 5.74) is 0. The minimum absolute atomic E-state index is 0.0936. The first kappa shape index (κ1) is 16.7. The van der Waals surface area contributed by atoms with Crippen LogP contribution in [0.4, 0.5) is 4.79 Å². The summed E-state index contributed by atoms with van der Waals surface area (Å²) in [5, 5.41) is 17.2. The van der Waals surface area contributed by atoms with Crippen LogP contribution < -0.4 is 0 Å². The van der Waals surface area contributed by atoms with Crippen LogP contribution in [-0.2, 0) is 24.8 Å². The molecule has 1 aromatic rings. The molecular weight excluding hydrogens is 284 g/mol. The molecule has 7 heteroatoms. The molecule has 124 valence electrons. The lowest BCUT2D eigenvalue weighted by molar-refractivity contribution is 0.0788. The zero-order valence-electron chi connectivity index (χ0n) is 13.7. The Labute approximate surface area is 131 Å². The van der Waals surface area contributed by atoms with Crippen molar-refractivity contribution in [1.82, 2.24) is 19.7 Å². The molecule has 1 aromatic heterocycles. The Kier molecular flexibility index (Phi) is 5.76. The molecule has 0 spiro atoms. The van der Waals surface area contributed by atoms with Crippen molar-refractivity contribution >= 4 is 6.09 Å². The van der Waals surface area contributed by atoms with Crippen LogP contribution in [0.2, 0.25) is 0 Å². The van der Waals surface area contributed by atoms with Crippen LogP contribution in [-0.4, -0.2) is 50.6 Å². The predicted molar refractivity (Wildman–Crippen MR) is 81.1 cm³/mol. The number of carbonyl (C=O) groups is 1. The summed E-state index contributed by atoms with van der Waals surface area (Å²) >= 11 is 0. The molecule has 1 N–H and O–H groups in total. The lowest BCUT2D eigenvalue weighted by Gasteiger charge is -2.31. The van der Waals surface area contributed by atoms with Crippen molar-refractivity contribution in [3.63, 3.8) is 0 Å². The number of likely N-dealkylation sites (tertiary alicyclic amines) is 1. The van der Waals surface area contributed by atoms with E-state index in [2.05, 4.69) is 10.2 Å². The maximum atomic E-state index is 11.9. The second kappa shape index (κ2) is 7.58. The zero-order chi connectivity index (χ0) is 16.1. The quantitative estimate of drug-likeness (QED) is 0.888. The summed E-state index contributed by atoms with van der Waals surface area (Å²) in [6, 6.07) is 0. The van der Waals surface area contributed by atoms with Crippen LogP contribution in [0, 0.1) is 11.8 Å². The van der Waals surface area contributed by atoms with Crippen molar-refractivity contribution in [2.75, 3.05) is 19.7 Å². The van der Waals surface area contributed by atoms with Crippen LogP contribution in [0.15, 0.2) is 0 Å². The highest BCUT2D eigenvalue weighted by Gasteiger charge is 2.25. The Morgan fingerprint density at radius 1 is 1.32 bits per heavy atom. The van der Waals surface area contributed by atoms with E-state index in [1.165, 1.54) is 0 Å². The average Bonchev–Trinajstić information content (AvgIpc) is 2.86. The monoisotopic (exact) mass is 310 g/mol. The summed E-state index contributed by atoms with van der Waals surface area (Å²) < 4.78 is 7.12. The van der Waals surface area contributed by atoms with Crippen molar-refractivity contribution < 1.29 is 14.6 Å². The molecule has 1 amide bonds. The second-order valence-electron chi connectivity index (χ2n) is 6.35. The number of carbonyl (C=O) groups excluding carboxylic acids is 1. The van der Waals surface area contributed by atoms with Crippen molar-refractivity contribution in [2.45, 2.75) is 39.7 Å². The number of aliphatic hydroxyl groups excluding tert-OH is 1. The van der Waals surface area contributed by atoms with Gasteiger partial charge in [-0.3, -0.25) is 0 Å². The number of ether oxygens (including phenoxy) is 1. The van der Waals surface area contributed by atoms with Crippen LogP contribution in [0.5, 0.6) is 0 Å². The molecule has 1 aliphatic heterocycles.